The number of amides is 1. The molecular formula is C13H19NO3S2. The van der Waals surface area contributed by atoms with Gasteiger partial charge in [0, 0.05) is 12.0 Å². The molecule has 0 aromatic heterocycles. The van der Waals surface area contributed by atoms with Gasteiger partial charge in [-0.2, -0.15) is 11.8 Å². The van der Waals surface area contributed by atoms with E-state index in [4.69, 9.17) is 0 Å². The van der Waals surface area contributed by atoms with Gasteiger partial charge in [-0.3, -0.25) is 4.79 Å². The van der Waals surface area contributed by atoms with Crippen LogP contribution in [0.5, 0.6) is 0 Å². The predicted octanol–water partition coefficient (Wildman–Crippen LogP) is 1.64. The van der Waals surface area contributed by atoms with Crippen molar-refractivity contribution in [3.8, 4) is 0 Å². The number of hydrogen-bond acceptors (Lipinski definition) is 4. The third-order valence-corrected chi connectivity index (χ3v) is 4.67. The SMILES string of the molecule is C[C@@H](NC(=O)CSCCS(C)(=O)=O)c1ccccc1. The average molecular weight is 301 g/mol. The maximum absolute atomic E-state index is 11.7. The third kappa shape index (κ3) is 7.22. The van der Waals surface area contributed by atoms with E-state index < -0.39 is 9.84 Å². The topological polar surface area (TPSA) is 63.2 Å². The van der Waals surface area contributed by atoms with Crippen LogP contribution in [0.25, 0.3) is 0 Å². The quantitative estimate of drug-likeness (QED) is 0.778. The van der Waals surface area contributed by atoms with Crippen molar-refractivity contribution in [2.75, 3.05) is 23.5 Å². The Labute approximate surface area is 118 Å². The van der Waals surface area contributed by atoms with Gasteiger partial charge in [-0.05, 0) is 12.5 Å². The van der Waals surface area contributed by atoms with E-state index >= 15 is 0 Å². The first-order valence-corrected chi connectivity index (χ1v) is 9.20. The van der Waals surface area contributed by atoms with Crippen LogP contribution in [0, 0.1) is 0 Å². The lowest BCUT2D eigenvalue weighted by molar-refractivity contribution is -0.119. The van der Waals surface area contributed by atoms with Crippen LogP contribution in [0.15, 0.2) is 30.3 Å². The Morgan fingerprint density at radius 2 is 1.95 bits per heavy atom. The molecule has 0 saturated carbocycles. The summed E-state index contributed by atoms with van der Waals surface area (Å²) in [5.74, 6) is 0.771. The maximum Gasteiger partial charge on any atom is 0.230 e. The molecule has 1 amide bonds. The zero-order valence-electron chi connectivity index (χ0n) is 11.1. The molecule has 1 rings (SSSR count). The Kier molecular flexibility index (Phi) is 6.37. The molecule has 0 heterocycles. The van der Waals surface area contributed by atoms with Crippen molar-refractivity contribution in [1.82, 2.24) is 5.32 Å². The van der Waals surface area contributed by atoms with Crippen molar-refractivity contribution in [2.45, 2.75) is 13.0 Å². The van der Waals surface area contributed by atoms with Crippen LogP contribution < -0.4 is 5.32 Å². The van der Waals surface area contributed by atoms with Crippen molar-refractivity contribution in [3.05, 3.63) is 35.9 Å². The van der Waals surface area contributed by atoms with Gasteiger partial charge in [-0.15, -0.1) is 0 Å². The maximum atomic E-state index is 11.7. The van der Waals surface area contributed by atoms with Gasteiger partial charge < -0.3 is 5.32 Å². The zero-order valence-corrected chi connectivity index (χ0v) is 12.8. The van der Waals surface area contributed by atoms with Crippen LogP contribution in [0.2, 0.25) is 0 Å². The molecule has 0 bridgehead atoms. The van der Waals surface area contributed by atoms with Crippen LogP contribution in [0.4, 0.5) is 0 Å². The van der Waals surface area contributed by atoms with E-state index in [0.29, 0.717) is 5.75 Å². The summed E-state index contributed by atoms with van der Waals surface area (Å²) in [4.78, 5) is 11.7. The van der Waals surface area contributed by atoms with Crippen LogP contribution in [-0.2, 0) is 14.6 Å². The molecule has 0 spiro atoms. The highest BCUT2D eigenvalue weighted by atomic mass is 32.2. The predicted molar refractivity (Wildman–Crippen MR) is 80.0 cm³/mol. The Balaban J connectivity index is 2.28. The number of nitrogens with one attached hydrogen (secondary N) is 1. The van der Waals surface area contributed by atoms with E-state index in [1.165, 1.54) is 18.0 Å². The minimum atomic E-state index is -2.94. The van der Waals surface area contributed by atoms with Crippen molar-refractivity contribution in [1.29, 1.82) is 0 Å². The highest BCUT2D eigenvalue weighted by molar-refractivity contribution is 8.01. The van der Waals surface area contributed by atoms with E-state index in [2.05, 4.69) is 5.32 Å². The van der Waals surface area contributed by atoms with Crippen molar-refractivity contribution in [3.63, 3.8) is 0 Å². The second-order valence-electron chi connectivity index (χ2n) is 4.38. The Morgan fingerprint density at radius 3 is 2.53 bits per heavy atom. The molecular weight excluding hydrogens is 282 g/mol. The molecule has 6 heteroatoms. The first kappa shape index (κ1) is 16.0. The van der Waals surface area contributed by atoms with Gasteiger partial charge in [0.2, 0.25) is 5.91 Å². The number of thioether (sulfide) groups is 1. The molecule has 1 aromatic rings. The summed E-state index contributed by atoms with van der Waals surface area (Å²) < 4.78 is 21.8. The average Bonchev–Trinajstić information content (AvgIpc) is 2.34. The van der Waals surface area contributed by atoms with Gasteiger partial charge in [-0.1, -0.05) is 30.3 Å². The van der Waals surface area contributed by atoms with Crippen LogP contribution in [0.3, 0.4) is 0 Å². The Bertz CT molecular complexity index is 500. The van der Waals surface area contributed by atoms with Gasteiger partial charge in [0.1, 0.15) is 9.84 Å². The van der Waals surface area contributed by atoms with E-state index in [0.717, 1.165) is 5.56 Å². The van der Waals surface area contributed by atoms with E-state index in [1.807, 2.05) is 37.3 Å². The molecule has 0 aliphatic carbocycles. The summed E-state index contributed by atoms with van der Waals surface area (Å²) >= 11 is 1.33. The van der Waals surface area contributed by atoms with Crippen molar-refractivity contribution >= 4 is 27.5 Å². The number of carbonyl (C=O) groups excluding carboxylic acids is 1. The lowest BCUT2D eigenvalue weighted by atomic mass is 10.1. The second kappa shape index (κ2) is 7.55. The van der Waals surface area contributed by atoms with Gasteiger partial charge in [0.15, 0.2) is 0 Å². The highest BCUT2D eigenvalue weighted by Crippen LogP contribution is 2.11. The molecule has 0 aliphatic rings. The molecule has 1 aromatic carbocycles. The van der Waals surface area contributed by atoms with Crippen LogP contribution in [-0.4, -0.2) is 37.8 Å². The van der Waals surface area contributed by atoms with E-state index in [9.17, 15) is 13.2 Å². The number of sulfone groups is 1. The van der Waals surface area contributed by atoms with Crippen LogP contribution in [0.1, 0.15) is 18.5 Å². The summed E-state index contributed by atoms with van der Waals surface area (Å²) in [5.41, 5.74) is 1.05. The summed E-state index contributed by atoms with van der Waals surface area (Å²) in [5, 5.41) is 2.88. The number of hydrogen-bond donors (Lipinski definition) is 1. The second-order valence-corrected chi connectivity index (χ2v) is 7.75. The monoisotopic (exact) mass is 301 g/mol. The van der Waals surface area contributed by atoms with Gasteiger partial charge in [-0.25, -0.2) is 8.42 Å². The Morgan fingerprint density at radius 1 is 1.32 bits per heavy atom. The normalized spacial score (nSPS) is 12.9. The molecule has 0 fully saturated rings. The summed E-state index contributed by atoms with van der Waals surface area (Å²) in [7, 11) is -2.94. The minimum Gasteiger partial charge on any atom is -0.349 e. The summed E-state index contributed by atoms with van der Waals surface area (Å²) in [6.45, 7) is 1.93. The molecule has 0 aliphatic heterocycles. The molecule has 0 radical (unpaired) electrons. The fourth-order valence-electron chi connectivity index (χ4n) is 1.48. The molecule has 0 unspecified atom stereocenters. The van der Waals surface area contributed by atoms with E-state index in [-0.39, 0.29) is 23.5 Å². The molecule has 19 heavy (non-hydrogen) atoms. The third-order valence-electron chi connectivity index (χ3n) is 2.51. The smallest absolute Gasteiger partial charge is 0.230 e. The first-order chi connectivity index (χ1) is 8.88. The molecule has 106 valence electrons. The molecule has 0 saturated heterocycles. The summed E-state index contributed by atoms with van der Waals surface area (Å²) in [6.07, 6.45) is 1.20. The highest BCUT2D eigenvalue weighted by Gasteiger charge is 2.09. The molecule has 1 atom stereocenters. The van der Waals surface area contributed by atoms with E-state index in [1.54, 1.807) is 0 Å². The fourth-order valence-corrected chi connectivity index (χ4v) is 3.58. The number of benzene rings is 1. The molecule has 1 N–H and O–H groups in total. The lowest BCUT2D eigenvalue weighted by Crippen LogP contribution is -2.28. The van der Waals surface area contributed by atoms with Gasteiger partial charge in [0.05, 0.1) is 17.5 Å². The number of rotatable bonds is 7. The first-order valence-electron chi connectivity index (χ1n) is 5.98. The van der Waals surface area contributed by atoms with Gasteiger partial charge >= 0.3 is 0 Å². The van der Waals surface area contributed by atoms with Crippen molar-refractivity contribution < 1.29 is 13.2 Å². The lowest BCUT2D eigenvalue weighted by Gasteiger charge is -2.14. The van der Waals surface area contributed by atoms with Gasteiger partial charge in [0.25, 0.3) is 0 Å². The minimum absolute atomic E-state index is 0.0378. The Hall–Kier alpha value is -1.01. The fraction of sp³-hybridized carbons (Fsp3) is 0.462. The largest absolute Gasteiger partial charge is 0.349 e. The zero-order chi connectivity index (χ0) is 14.3. The van der Waals surface area contributed by atoms with Crippen molar-refractivity contribution in [2.24, 2.45) is 0 Å². The summed E-state index contributed by atoms with van der Waals surface area (Å²) in [6, 6.07) is 9.67. The number of carbonyl (C=O) groups is 1. The molecule has 4 nitrogen and oxygen atoms in total. The standard InChI is InChI=1S/C13H19NO3S2/c1-11(12-6-4-3-5-7-12)14-13(15)10-18-8-9-19(2,16)17/h3-7,11H,8-10H2,1-2H3,(H,14,15)/t11-/m1/s1. The van der Waals surface area contributed by atoms with Crippen LogP contribution >= 0.6 is 11.8 Å².